The predicted octanol–water partition coefficient (Wildman–Crippen LogP) is 2.87. The van der Waals surface area contributed by atoms with E-state index in [1.54, 1.807) is 11.8 Å². The minimum absolute atomic E-state index is 0.0958. The smallest absolute Gasteiger partial charge is 0.191 e. The summed E-state index contributed by atoms with van der Waals surface area (Å²) < 4.78 is 1.94. The Morgan fingerprint density at radius 3 is 2.61 bits per heavy atom. The third-order valence-electron chi connectivity index (χ3n) is 2.75. The Morgan fingerprint density at radius 1 is 1.33 bits per heavy atom. The van der Waals surface area contributed by atoms with Crippen molar-refractivity contribution in [2.45, 2.75) is 23.8 Å². The molecule has 0 amide bonds. The molecule has 1 heterocycles. The fourth-order valence-corrected chi connectivity index (χ4v) is 2.68. The summed E-state index contributed by atoms with van der Waals surface area (Å²) in [4.78, 5) is 0. The van der Waals surface area contributed by atoms with E-state index in [1.165, 1.54) is 0 Å². The highest BCUT2D eigenvalue weighted by Crippen LogP contribution is 2.36. The molecule has 0 fully saturated rings. The summed E-state index contributed by atoms with van der Waals surface area (Å²) in [6, 6.07) is 12.3. The van der Waals surface area contributed by atoms with Gasteiger partial charge < -0.3 is 4.57 Å². The maximum atomic E-state index is 8.94. The molecule has 1 aromatic carbocycles. The van der Waals surface area contributed by atoms with E-state index in [9.17, 15) is 0 Å². The molecule has 0 aliphatic rings. The number of hydrogen-bond acceptors (Lipinski definition) is 4. The van der Waals surface area contributed by atoms with E-state index >= 15 is 0 Å². The van der Waals surface area contributed by atoms with Crippen molar-refractivity contribution in [1.82, 2.24) is 14.8 Å². The fraction of sp³-hybridized carbons (Fsp3) is 0.308. The van der Waals surface area contributed by atoms with Crippen LogP contribution in [0.25, 0.3) is 0 Å². The SMILES string of the molecule is Cc1nnc(SC(CC#N)c2ccccc2)n1C. The maximum Gasteiger partial charge on any atom is 0.191 e. The standard InChI is InChI=1S/C13H14N4S/c1-10-15-16-13(17(10)2)18-12(8-9-14)11-6-4-3-5-7-11/h3-7,12H,8H2,1-2H3. The number of hydrogen-bond donors (Lipinski definition) is 0. The lowest BCUT2D eigenvalue weighted by Crippen LogP contribution is -1.98. The normalized spacial score (nSPS) is 12.1. The summed E-state index contributed by atoms with van der Waals surface area (Å²) in [7, 11) is 1.94. The van der Waals surface area contributed by atoms with Gasteiger partial charge in [0.2, 0.25) is 0 Å². The Labute approximate surface area is 111 Å². The molecule has 1 aromatic heterocycles. The highest BCUT2D eigenvalue weighted by Gasteiger charge is 2.16. The van der Waals surface area contributed by atoms with Crippen molar-refractivity contribution in [3.63, 3.8) is 0 Å². The van der Waals surface area contributed by atoms with Gasteiger partial charge in [0, 0.05) is 7.05 Å². The first-order chi connectivity index (χ1) is 8.72. The minimum atomic E-state index is 0.0958. The van der Waals surface area contributed by atoms with Gasteiger partial charge in [0.1, 0.15) is 5.82 Å². The Kier molecular flexibility index (Phi) is 4.00. The largest absolute Gasteiger partial charge is 0.309 e. The monoisotopic (exact) mass is 258 g/mol. The molecule has 0 N–H and O–H groups in total. The van der Waals surface area contributed by atoms with Crippen molar-refractivity contribution in [2.24, 2.45) is 7.05 Å². The second-order valence-corrected chi connectivity index (χ2v) is 5.14. The molecular formula is C13H14N4S. The summed E-state index contributed by atoms with van der Waals surface area (Å²) in [6.45, 7) is 1.92. The van der Waals surface area contributed by atoms with Gasteiger partial charge in [0.15, 0.2) is 5.16 Å². The molecule has 18 heavy (non-hydrogen) atoms. The van der Waals surface area contributed by atoms with Gasteiger partial charge in [0.25, 0.3) is 0 Å². The number of nitrogens with zero attached hydrogens (tertiary/aromatic N) is 4. The Morgan fingerprint density at radius 2 is 2.06 bits per heavy atom. The maximum absolute atomic E-state index is 8.94. The fourth-order valence-electron chi connectivity index (χ4n) is 1.60. The van der Waals surface area contributed by atoms with E-state index < -0.39 is 0 Å². The molecule has 92 valence electrons. The van der Waals surface area contributed by atoms with Crippen LogP contribution in [0.5, 0.6) is 0 Å². The summed E-state index contributed by atoms with van der Waals surface area (Å²) in [5, 5.41) is 18.0. The van der Waals surface area contributed by atoms with E-state index in [0.29, 0.717) is 6.42 Å². The van der Waals surface area contributed by atoms with Crippen molar-refractivity contribution in [2.75, 3.05) is 0 Å². The van der Waals surface area contributed by atoms with Crippen LogP contribution in [0, 0.1) is 18.3 Å². The van der Waals surface area contributed by atoms with Crippen LogP contribution in [0.4, 0.5) is 0 Å². The Hall–Kier alpha value is -1.80. The summed E-state index contributed by atoms with van der Waals surface area (Å²) in [6.07, 6.45) is 0.459. The molecule has 2 rings (SSSR count). The second-order valence-electron chi connectivity index (χ2n) is 3.97. The summed E-state index contributed by atoms with van der Waals surface area (Å²) in [5.41, 5.74) is 1.14. The van der Waals surface area contributed by atoms with Gasteiger partial charge in [0.05, 0.1) is 17.7 Å². The third-order valence-corrected chi connectivity index (χ3v) is 4.04. The number of aromatic nitrogens is 3. The van der Waals surface area contributed by atoms with Crippen LogP contribution in [0.1, 0.15) is 23.1 Å². The number of aryl methyl sites for hydroxylation is 1. The summed E-state index contributed by atoms with van der Waals surface area (Å²) >= 11 is 1.58. The van der Waals surface area contributed by atoms with Gasteiger partial charge in [-0.2, -0.15) is 5.26 Å². The lowest BCUT2D eigenvalue weighted by atomic mass is 10.1. The molecule has 1 atom stereocenters. The van der Waals surface area contributed by atoms with Gasteiger partial charge in [-0.05, 0) is 12.5 Å². The van der Waals surface area contributed by atoms with Gasteiger partial charge in [-0.1, -0.05) is 42.1 Å². The molecule has 0 aliphatic carbocycles. The lowest BCUT2D eigenvalue weighted by molar-refractivity contribution is 0.761. The molecule has 4 nitrogen and oxygen atoms in total. The average Bonchev–Trinajstić information content (AvgIpc) is 2.71. The van der Waals surface area contributed by atoms with Crippen LogP contribution in [-0.2, 0) is 7.05 Å². The minimum Gasteiger partial charge on any atom is -0.309 e. The highest BCUT2D eigenvalue weighted by molar-refractivity contribution is 7.99. The van der Waals surface area contributed by atoms with Crippen LogP contribution < -0.4 is 0 Å². The van der Waals surface area contributed by atoms with Crippen molar-refractivity contribution >= 4 is 11.8 Å². The molecule has 5 heteroatoms. The first kappa shape index (κ1) is 12.7. The van der Waals surface area contributed by atoms with Crippen LogP contribution in [0.2, 0.25) is 0 Å². The number of thioether (sulfide) groups is 1. The highest BCUT2D eigenvalue weighted by atomic mass is 32.2. The second kappa shape index (κ2) is 5.69. The van der Waals surface area contributed by atoms with Crippen LogP contribution in [0.15, 0.2) is 35.5 Å². The zero-order valence-electron chi connectivity index (χ0n) is 10.4. The van der Waals surface area contributed by atoms with Gasteiger partial charge >= 0.3 is 0 Å². The van der Waals surface area contributed by atoms with Gasteiger partial charge in [-0.3, -0.25) is 0 Å². The molecule has 0 saturated heterocycles. The van der Waals surface area contributed by atoms with E-state index in [-0.39, 0.29) is 5.25 Å². The first-order valence-corrected chi connectivity index (χ1v) is 6.55. The lowest BCUT2D eigenvalue weighted by Gasteiger charge is -2.12. The van der Waals surface area contributed by atoms with Crippen molar-refractivity contribution in [3.05, 3.63) is 41.7 Å². The molecule has 0 saturated carbocycles. The molecule has 0 bridgehead atoms. The molecule has 1 unspecified atom stereocenters. The predicted molar refractivity (Wildman–Crippen MR) is 71.0 cm³/mol. The molecule has 2 aromatic rings. The first-order valence-electron chi connectivity index (χ1n) is 5.67. The van der Waals surface area contributed by atoms with Gasteiger partial charge in [-0.25, -0.2) is 0 Å². The third kappa shape index (κ3) is 2.71. The van der Waals surface area contributed by atoms with Crippen molar-refractivity contribution in [1.29, 1.82) is 5.26 Å². The topological polar surface area (TPSA) is 54.5 Å². The van der Waals surface area contributed by atoms with Crippen LogP contribution >= 0.6 is 11.8 Å². The van der Waals surface area contributed by atoms with E-state index in [0.717, 1.165) is 16.5 Å². The Balaban J connectivity index is 2.22. The van der Waals surface area contributed by atoms with E-state index in [2.05, 4.69) is 16.3 Å². The Bertz CT molecular complexity index is 556. The number of nitriles is 1. The number of benzene rings is 1. The molecule has 0 radical (unpaired) electrons. The van der Waals surface area contributed by atoms with Gasteiger partial charge in [-0.15, -0.1) is 10.2 Å². The quantitative estimate of drug-likeness (QED) is 0.791. The van der Waals surface area contributed by atoms with E-state index in [4.69, 9.17) is 5.26 Å². The van der Waals surface area contributed by atoms with Crippen molar-refractivity contribution < 1.29 is 0 Å². The molecule has 0 spiro atoms. The average molecular weight is 258 g/mol. The van der Waals surface area contributed by atoms with Crippen molar-refractivity contribution in [3.8, 4) is 6.07 Å². The zero-order valence-corrected chi connectivity index (χ0v) is 11.2. The molecular weight excluding hydrogens is 244 g/mol. The summed E-state index contributed by atoms with van der Waals surface area (Å²) in [5.74, 6) is 0.876. The molecule has 0 aliphatic heterocycles. The number of rotatable bonds is 4. The van der Waals surface area contributed by atoms with Crippen LogP contribution in [-0.4, -0.2) is 14.8 Å². The van der Waals surface area contributed by atoms with E-state index in [1.807, 2.05) is 48.9 Å². The van der Waals surface area contributed by atoms with Crippen LogP contribution in [0.3, 0.4) is 0 Å². The zero-order chi connectivity index (χ0) is 13.0.